The molecule has 1 aliphatic rings. The molecule has 1 aromatic carbocycles. The van der Waals surface area contributed by atoms with Crippen molar-refractivity contribution in [2.45, 2.75) is 70.7 Å². The van der Waals surface area contributed by atoms with Crippen LogP contribution in [0.4, 0.5) is 14.5 Å². The van der Waals surface area contributed by atoms with Gasteiger partial charge in [-0.1, -0.05) is 44.5 Å². The normalized spacial score (nSPS) is 17.1. The highest BCUT2D eigenvalue weighted by Crippen LogP contribution is 2.39. The topological polar surface area (TPSA) is 93.1 Å². The number of carbonyl (C=O) groups excluding carboxylic acids is 1. The lowest BCUT2D eigenvalue weighted by atomic mass is 9.88. The maximum Gasteiger partial charge on any atom is 0.271 e. The summed E-state index contributed by atoms with van der Waals surface area (Å²) in [6.07, 6.45) is 0.547. The molecule has 1 heterocycles. The van der Waals surface area contributed by atoms with Gasteiger partial charge in [-0.15, -0.1) is 0 Å². The molecule has 0 bridgehead atoms. The quantitative estimate of drug-likeness (QED) is 0.598. The molecule has 0 saturated heterocycles. The lowest BCUT2D eigenvalue weighted by molar-refractivity contribution is -0.00606. The van der Waals surface area contributed by atoms with E-state index >= 15 is 0 Å². The zero-order chi connectivity index (χ0) is 25.5. The van der Waals surface area contributed by atoms with E-state index in [-0.39, 0.29) is 46.3 Å². The molecule has 0 saturated carbocycles. The molecule has 1 aromatic heterocycles. The number of nitrogens with one attached hydrogen (secondary N) is 2. The van der Waals surface area contributed by atoms with Crippen LogP contribution < -0.4 is 10.0 Å². The standard InChI is InChI=1S/C24H32F2N4O3S/c1-15-7-9-18(10-8-15)34(32,33)29-20-19(17-11-13-24(25,26)14-12-17)28-30(6)21(20)22(31)27-16(2)23(3,4)5/h7-11,16,29H,12-14H2,1-6H3,(H,27,31). The Kier molecular flexibility index (Phi) is 6.94. The van der Waals surface area contributed by atoms with E-state index in [1.807, 2.05) is 34.6 Å². The third-order valence-electron chi connectivity index (χ3n) is 6.19. The second-order valence-corrected chi connectivity index (χ2v) is 11.6. The Bertz CT molecular complexity index is 1210. The van der Waals surface area contributed by atoms with Crippen LogP contribution in [0.5, 0.6) is 0 Å². The number of alkyl halides is 2. The van der Waals surface area contributed by atoms with Crippen molar-refractivity contribution in [2.24, 2.45) is 12.5 Å². The van der Waals surface area contributed by atoms with Crippen LogP contribution in [-0.2, 0) is 17.1 Å². The maximum absolute atomic E-state index is 13.7. The molecule has 0 spiro atoms. The first-order valence-corrected chi connectivity index (χ1v) is 12.6. The molecule has 2 N–H and O–H groups in total. The number of aryl methyl sites for hydroxylation is 2. The predicted molar refractivity (Wildman–Crippen MR) is 128 cm³/mol. The number of amides is 1. The fraction of sp³-hybridized carbons (Fsp3) is 0.500. The van der Waals surface area contributed by atoms with Crippen molar-refractivity contribution in [3.8, 4) is 0 Å². The molecular formula is C24H32F2N4O3S. The van der Waals surface area contributed by atoms with E-state index in [0.29, 0.717) is 5.57 Å². The summed E-state index contributed by atoms with van der Waals surface area (Å²) in [5.74, 6) is -3.32. The predicted octanol–water partition coefficient (Wildman–Crippen LogP) is 4.90. The van der Waals surface area contributed by atoms with Crippen molar-refractivity contribution in [3.63, 3.8) is 0 Å². The summed E-state index contributed by atoms with van der Waals surface area (Å²) in [4.78, 5) is 13.3. The zero-order valence-electron chi connectivity index (χ0n) is 20.4. The number of carbonyl (C=O) groups is 1. The van der Waals surface area contributed by atoms with Crippen molar-refractivity contribution in [1.82, 2.24) is 15.1 Å². The summed E-state index contributed by atoms with van der Waals surface area (Å²) >= 11 is 0. The van der Waals surface area contributed by atoms with Crippen LogP contribution >= 0.6 is 0 Å². The summed E-state index contributed by atoms with van der Waals surface area (Å²) in [6, 6.07) is 6.05. The van der Waals surface area contributed by atoms with Crippen molar-refractivity contribution >= 4 is 27.2 Å². The van der Waals surface area contributed by atoms with E-state index in [9.17, 15) is 22.0 Å². The van der Waals surface area contributed by atoms with Gasteiger partial charge in [0.05, 0.1) is 4.90 Å². The smallest absolute Gasteiger partial charge is 0.271 e. The van der Waals surface area contributed by atoms with Crippen molar-refractivity contribution in [1.29, 1.82) is 0 Å². The third-order valence-corrected chi connectivity index (χ3v) is 7.55. The largest absolute Gasteiger partial charge is 0.348 e. The van der Waals surface area contributed by atoms with Gasteiger partial charge in [0.1, 0.15) is 11.4 Å². The zero-order valence-corrected chi connectivity index (χ0v) is 21.2. The van der Waals surface area contributed by atoms with Crippen LogP contribution in [-0.4, -0.2) is 36.1 Å². The summed E-state index contributed by atoms with van der Waals surface area (Å²) in [6.45, 7) is 9.62. The molecule has 0 fully saturated rings. The summed E-state index contributed by atoms with van der Waals surface area (Å²) in [7, 11) is -2.54. The van der Waals surface area contributed by atoms with Crippen LogP contribution in [0.25, 0.3) is 5.57 Å². The molecule has 1 amide bonds. The van der Waals surface area contributed by atoms with E-state index in [4.69, 9.17) is 0 Å². The Morgan fingerprint density at radius 3 is 2.35 bits per heavy atom. The lowest BCUT2D eigenvalue weighted by Crippen LogP contribution is -2.42. The SMILES string of the molecule is Cc1ccc(S(=O)(=O)Nc2c(C3=CCC(F)(F)CC3)nn(C)c2C(=O)NC(C)C(C)(C)C)cc1. The molecule has 1 atom stereocenters. The highest BCUT2D eigenvalue weighted by atomic mass is 32.2. The highest BCUT2D eigenvalue weighted by molar-refractivity contribution is 7.92. The third kappa shape index (κ3) is 5.65. The van der Waals surface area contributed by atoms with Gasteiger partial charge in [0, 0.05) is 25.9 Å². The first kappa shape index (κ1) is 25.9. The van der Waals surface area contributed by atoms with E-state index < -0.39 is 28.3 Å². The van der Waals surface area contributed by atoms with Crippen LogP contribution in [0.2, 0.25) is 0 Å². The Morgan fingerprint density at radius 1 is 1.21 bits per heavy atom. The molecule has 34 heavy (non-hydrogen) atoms. The number of hydrogen-bond acceptors (Lipinski definition) is 4. The Labute approximate surface area is 199 Å². The van der Waals surface area contributed by atoms with Gasteiger partial charge in [0.25, 0.3) is 21.9 Å². The Hall–Kier alpha value is -2.75. The van der Waals surface area contributed by atoms with Gasteiger partial charge < -0.3 is 5.32 Å². The van der Waals surface area contributed by atoms with Gasteiger partial charge in [-0.2, -0.15) is 5.10 Å². The monoisotopic (exact) mass is 494 g/mol. The van der Waals surface area contributed by atoms with Gasteiger partial charge in [-0.3, -0.25) is 14.2 Å². The number of halogens is 2. The second kappa shape index (κ2) is 9.13. The molecule has 0 aliphatic heterocycles. The average Bonchev–Trinajstić information content (AvgIpc) is 3.02. The number of benzene rings is 1. The minimum absolute atomic E-state index is 0.0139. The minimum Gasteiger partial charge on any atom is -0.348 e. The first-order valence-electron chi connectivity index (χ1n) is 11.2. The highest BCUT2D eigenvalue weighted by Gasteiger charge is 2.35. The molecule has 1 unspecified atom stereocenters. The van der Waals surface area contributed by atoms with E-state index in [0.717, 1.165) is 5.56 Å². The van der Waals surface area contributed by atoms with Gasteiger partial charge in [-0.05, 0) is 43.4 Å². The minimum atomic E-state index is -4.07. The van der Waals surface area contributed by atoms with Crippen molar-refractivity contribution in [3.05, 3.63) is 47.3 Å². The van der Waals surface area contributed by atoms with Crippen molar-refractivity contribution in [2.75, 3.05) is 4.72 Å². The summed E-state index contributed by atoms with van der Waals surface area (Å²) < 4.78 is 57.7. The molecule has 7 nitrogen and oxygen atoms in total. The fourth-order valence-electron chi connectivity index (χ4n) is 3.51. The number of anilines is 1. The van der Waals surface area contributed by atoms with Gasteiger partial charge in [-0.25, -0.2) is 17.2 Å². The Morgan fingerprint density at radius 2 is 1.82 bits per heavy atom. The van der Waals surface area contributed by atoms with Gasteiger partial charge >= 0.3 is 0 Å². The molecular weight excluding hydrogens is 462 g/mol. The molecule has 10 heteroatoms. The summed E-state index contributed by atoms with van der Waals surface area (Å²) in [5, 5.41) is 7.29. The number of nitrogens with zero attached hydrogens (tertiary/aromatic N) is 2. The molecule has 186 valence electrons. The lowest BCUT2D eigenvalue weighted by Gasteiger charge is -2.28. The Balaban J connectivity index is 2.09. The van der Waals surface area contributed by atoms with Gasteiger partial charge in [0.2, 0.25) is 0 Å². The van der Waals surface area contributed by atoms with Gasteiger partial charge in [0.15, 0.2) is 5.69 Å². The summed E-state index contributed by atoms with van der Waals surface area (Å²) in [5.41, 5.74) is 1.31. The van der Waals surface area contributed by atoms with Crippen LogP contribution in [0.1, 0.15) is 68.7 Å². The molecule has 0 radical (unpaired) electrons. The van der Waals surface area contributed by atoms with E-state index in [2.05, 4.69) is 15.1 Å². The fourth-order valence-corrected chi connectivity index (χ4v) is 4.58. The number of rotatable bonds is 6. The van der Waals surface area contributed by atoms with E-state index in [1.165, 1.54) is 29.9 Å². The number of aromatic nitrogens is 2. The van der Waals surface area contributed by atoms with Crippen molar-refractivity contribution < 1.29 is 22.0 Å². The first-order chi connectivity index (χ1) is 15.6. The number of hydrogen-bond donors (Lipinski definition) is 2. The second-order valence-electron chi connectivity index (χ2n) is 9.96. The van der Waals surface area contributed by atoms with E-state index in [1.54, 1.807) is 12.1 Å². The number of allylic oxidation sites excluding steroid dienone is 2. The van der Waals surface area contributed by atoms with Crippen LogP contribution in [0.3, 0.4) is 0 Å². The molecule has 3 rings (SSSR count). The van der Waals surface area contributed by atoms with Crippen LogP contribution in [0, 0.1) is 12.3 Å². The number of sulfonamides is 1. The maximum atomic E-state index is 13.7. The molecule has 1 aliphatic carbocycles. The van der Waals surface area contributed by atoms with Crippen LogP contribution in [0.15, 0.2) is 35.2 Å². The average molecular weight is 495 g/mol. The molecule has 2 aromatic rings.